The Hall–Kier alpha value is -3.45. The van der Waals surface area contributed by atoms with E-state index >= 15 is 4.39 Å². The highest BCUT2D eigenvalue weighted by molar-refractivity contribution is 5.76. The van der Waals surface area contributed by atoms with Crippen LogP contribution in [-0.4, -0.2) is 28.0 Å². The lowest BCUT2D eigenvalue weighted by Gasteiger charge is -2.31. The van der Waals surface area contributed by atoms with Crippen molar-refractivity contribution < 1.29 is 8.81 Å². The van der Waals surface area contributed by atoms with E-state index in [-0.39, 0.29) is 18.9 Å². The zero-order valence-electron chi connectivity index (χ0n) is 13.8. The molecule has 128 valence electrons. The van der Waals surface area contributed by atoms with Crippen LogP contribution in [0.5, 0.6) is 0 Å². The minimum Gasteiger partial charge on any atom is -0.435 e. The molecule has 2 aromatic heterocycles. The number of rotatable bonds is 2. The molecule has 7 heteroatoms. The topological polar surface area (TPSA) is 89.7 Å². The molecule has 1 fully saturated rings. The number of hydrogen-bond acceptors (Lipinski definition) is 6. The molecule has 6 nitrogen and oxygen atoms in total. The van der Waals surface area contributed by atoms with Crippen LogP contribution in [0.1, 0.15) is 24.3 Å². The number of piperidine rings is 1. The molecule has 0 spiro atoms. The first kappa shape index (κ1) is 16.0. The van der Waals surface area contributed by atoms with Gasteiger partial charge in [0.2, 0.25) is 11.6 Å². The van der Waals surface area contributed by atoms with Crippen LogP contribution in [0.4, 0.5) is 4.39 Å². The molecule has 4 rings (SSSR count). The van der Waals surface area contributed by atoms with Crippen molar-refractivity contribution in [2.24, 2.45) is 0 Å². The second-order valence-electron chi connectivity index (χ2n) is 6.35. The van der Waals surface area contributed by atoms with Gasteiger partial charge in [0.25, 0.3) is 0 Å². The fourth-order valence-electron chi connectivity index (χ4n) is 3.21. The van der Waals surface area contributed by atoms with Gasteiger partial charge in [0, 0.05) is 18.3 Å². The standard InChI is InChI=1S/C19H14FN5O/c20-19(5-2-6-25(11-19)12-22)18-24-17-16(26-18)8-15(10-23-17)14-4-1-3-13(7-14)9-21/h1,3-4,7-8,10H,2,5-6,11H2. The number of aromatic nitrogens is 2. The zero-order valence-corrected chi connectivity index (χ0v) is 13.8. The molecule has 1 aromatic carbocycles. The summed E-state index contributed by atoms with van der Waals surface area (Å²) in [4.78, 5) is 9.85. The molecule has 0 bridgehead atoms. The van der Waals surface area contributed by atoms with Crippen LogP contribution in [0.15, 0.2) is 40.9 Å². The zero-order chi connectivity index (χ0) is 18.1. The highest BCUT2D eigenvalue weighted by atomic mass is 19.1. The maximum atomic E-state index is 15.3. The van der Waals surface area contributed by atoms with Crippen molar-refractivity contribution in [2.75, 3.05) is 13.1 Å². The molecular weight excluding hydrogens is 333 g/mol. The molecular formula is C19H14FN5O. The average Bonchev–Trinajstić information content (AvgIpc) is 3.12. The van der Waals surface area contributed by atoms with Crippen LogP contribution in [0.2, 0.25) is 0 Å². The summed E-state index contributed by atoms with van der Waals surface area (Å²) in [6.45, 7) is 0.480. The first-order valence-corrected chi connectivity index (χ1v) is 8.22. The smallest absolute Gasteiger partial charge is 0.236 e. The Kier molecular flexibility index (Phi) is 3.78. The number of halogens is 1. The van der Waals surface area contributed by atoms with Crippen molar-refractivity contribution in [1.82, 2.24) is 14.9 Å². The lowest BCUT2D eigenvalue weighted by Crippen LogP contribution is -2.41. The third-order valence-electron chi connectivity index (χ3n) is 4.54. The number of alkyl halides is 1. The van der Waals surface area contributed by atoms with E-state index in [0.717, 1.165) is 11.1 Å². The molecule has 26 heavy (non-hydrogen) atoms. The number of nitrogens with zero attached hydrogens (tertiary/aromatic N) is 5. The second kappa shape index (κ2) is 6.12. The van der Waals surface area contributed by atoms with Gasteiger partial charge in [0.15, 0.2) is 17.4 Å². The molecule has 1 unspecified atom stereocenters. The average molecular weight is 347 g/mol. The molecule has 1 saturated heterocycles. The number of nitriles is 2. The van der Waals surface area contributed by atoms with E-state index in [1.165, 1.54) is 4.90 Å². The van der Waals surface area contributed by atoms with E-state index in [9.17, 15) is 0 Å². The summed E-state index contributed by atoms with van der Waals surface area (Å²) in [5, 5.41) is 18.1. The van der Waals surface area contributed by atoms with Crippen LogP contribution < -0.4 is 0 Å². The molecule has 1 atom stereocenters. The predicted octanol–water partition coefficient (Wildman–Crippen LogP) is 3.50. The van der Waals surface area contributed by atoms with Crippen molar-refractivity contribution in [3.05, 3.63) is 48.0 Å². The van der Waals surface area contributed by atoms with Crippen LogP contribution in [-0.2, 0) is 5.67 Å². The summed E-state index contributed by atoms with van der Waals surface area (Å²) in [6.07, 6.45) is 4.43. The number of oxazole rings is 1. The Morgan fingerprint density at radius 1 is 1.23 bits per heavy atom. The molecule has 3 aromatic rings. The van der Waals surface area contributed by atoms with E-state index < -0.39 is 5.67 Å². The number of pyridine rings is 1. The van der Waals surface area contributed by atoms with Crippen molar-refractivity contribution in [3.63, 3.8) is 0 Å². The number of hydrogen-bond donors (Lipinski definition) is 0. The Bertz CT molecular complexity index is 1060. The van der Waals surface area contributed by atoms with E-state index in [1.54, 1.807) is 30.5 Å². The Labute approximate surface area is 149 Å². The van der Waals surface area contributed by atoms with Gasteiger partial charge in [-0.3, -0.25) is 0 Å². The minimum atomic E-state index is -1.80. The molecule has 0 saturated carbocycles. The Balaban J connectivity index is 1.72. The van der Waals surface area contributed by atoms with Crippen molar-refractivity contribution >= 4 is 11.2 Å². The number of fused-ring (bicyclic) bond motifs is 1. The second-order valence-corrected chi connectivity index (χ2v) is 6.35. The van der Waals surface area contributed by atoms with Gasteiger partial charge in [-0.2, -0.15) is 15.5 Å². The lowest BCUT2D eigenvalue weighted by atomic mass is 9.95. The fraction of sp³-hybridized carbons (Fsp3) is 0.263. The first-order valence-electron chi connectivity index (χ1n) is 8.22. The summed E-state index contributed by atoms with van der Waals surface area (Å²) < 4.78 is 21.0. The van der Waals surface area contributed by atoms with Crippen LogP contribution in [0.3, 0.4) is 0 Å². The van der Waals surface area contributed by atoms with Crippen LogP contribution >= 0.6 is 0 Å². The highest BCUT2D eigenvalue weighted by Gasteiger charge is 2.42. The van der Waals surface area contributed by atoms with Gasteiger partial charge in [0.05, 0.1) is 18.2 Å². The van der Waals surface area contributed by atoms with Crippen LogP contribution in [0.25, 0.3) is 22.4 Å². The molecule has 1 aliphatic rings. The summed E-state index contributed by atoms with van der Waals surface area (Å²) in [5.41, 5.74) is 1.03. The fourth-order valence-corrected chi connectivity index (χ4v) is 3.21. The van der Waals surface area contributed by atoms with E-state index in [1.807, 2.05) is 12.3 Å². The third-order valence-corrected chi connectivity index (χ3v) is 4.54. The van der Waals surface area contributed by atoms with Gasteiger partial charge < -0.3 is 9.32 Å². The summed E-state index contributed by atoms with van der Waals surface area (Å²) in [6, 6.07) is 11.0. The van der Waals surface area contributed by atoms with Crippen molar-refractivity contribution in [1.29, 1.82) is 10.5 Å². The monoisotopic (exact) mass is 347 g/mol. The summed E-state index contributed by atoms with van der Waals surface area (Å²) in [5.74, 6) is -0.0390. The van der Waals surface area contributed by atoms with E-state index in [2.05, 4.69) is 16.0 Å². The maximum Gasteiger partial charge on any atom is 0.236 e. The van der Waals surface area contributed by atoms with Gasteiger partial charge in [-0.25, -0.2) is 9.37 Å². The third kappa shape index (κ3) is 2.74. The maximum absolute atomic E-state index is 15.3. The molecule has 0 radical (unpaired) electrons. The molecule has 0 aliphatic carbocycles. The van der Waals surface area contributed by atoms with Crippen molar-refractivity contribution in [2.45, 2.75) is 18.5 Å². The van der Waals surface area contributed by atoms with Gasteiger partial charge >= 0.3 is 0 Å². The number of benzene rings is 1. The number of likely N-dealkylation sites (tertiary alicyclic amines) is 1. The summed E-state index contributed by atoms with van der Waals surface area (Å²) >= 11 is 0. The van der Waals surface area contributed by atoms with Gasteiger partial charge in [-0.15, -0.1) is 0 Å². The molecule has 0 amide bonds. The Morgan fingerprint density at radius 3 is 2.92 bits per heavy atom. The van der Waals surface area contributed by atoms with E-state index in [4.69, 9.17) is 14.9 Å². The quantitative estimate of drug-likeness (QED) is 0.659. The molecule has 3 heterocycles. The molecule has 0 N–H and O–H groups in total. The first-order chi connectivity index (χ1) is 12.6. The molecule has 1 aliphatic heterocycles. The normalized spacial score (nSPS) is 19.9. The highest BCUT2D eigenvalue weighted by Crippen LogP contribution is 2.36. The SMILES string of the molecule is N#Cc1cccc(-c2cnc3nc(C4(F)CCCN(C#N)C4)oc3c2)c1. The summed E-state index contributed by atoms with van der Waals surface area (Å²) in [7, 11) is 0. The van der Waals surface area contributed by atoms with Gasteiger partial charge in [-0.05, 0) is 36.6 Å². The van der Waals surface area contributed by atoms with Gasteiger partial charge in [0.1, 0.15) is 0 Å². The van der Waals surface area contributed by atoms with Crippen LogP contribution in [0, 0.1) is 22.8 Å². The van der Waals surface area contributed by atoms with Crippen molar-refractivity contribution in [3.8, 4) is 23.4 Å². The lowest BCUT2D eigenvalue weighted by molar-refractivity contribution is 0.0450. The predicted molar refractivity (Wildman–Crippen MR) is 91.2 cm³/mol. The minimum absolute atomic E-state index is 0.0390. The largest absolute Gasteiger partial charge is 0.435 e. The van der Waals surface area contributed by atoms with E-state index in [0.29, 0.717) is 29.8 Å². The van der Waals surface area contributed by atoms with Gasteiger partial charge in [-0.1, -0.05) is 12.1 Å². The Morgan fingerprint density at radius 2 is 2.12 bits per heavy atom.